The van der Waals surface area contributed by atoms with E-state index in [1.807, 2.05) is 6.92 Å². The first-order chi connectivity index (χ1) is 9.24. The van der Waals surface area contributed by atoms with Crippen molar-refractivity contribution >= 4 is 6.16 Å². The highest BCUT2D eigenvalue weighted by Gasteiger charge is 2.05. The third-order valence-corrected chi connectivity index (χ3v) is 2.76. The molecule has 19 heavy (non-hydrogen) atoms. The lowest BCUT2D eigenvalue weighted by atomic mass is 10.2. The van der Waals surface area contributed by atoms with Gasteiger partial charge in [0.25, 0.3) is 0 Å². The highest BCUT2D eigenvalue weighted by molar-refractivity contribution is 5.59. The first-order valence-corrected chi connectivity index (χ1v) is 7.14. The summed E-state index contributed by atoms with van der Waals surface area (Å²) in [5.41, 5.74) is 0. The second-order valence-electron chi connectivity index (χ2n) is 4.35. The molecule has 5 heteroatoms. The summed E-state index contributed by atoms with van der Waals surface area (Å²) in [4.78, 5) is 11.2. The number of unbranched alkanes of at least 4 members (excludes halogenated alkanes) is 3. The van der Waals surface area contributed by atoms with Crippen molar-refractivity contribution in [2.24, 2.45) is 0 Å². The molecule has 0 heterocycles. The van der Waals surface area contributed by atoms with E-state index in [4.69, 9.17) is 18.9 Å². The predicted octanol–water partition coefficient (Wildman–Crippen LogP) is 3.16. The minimum absolute atomic E-state index is 0.102. The summed E-state index contributed by atoms with van der Waals surface area (Å²) in [7, 11) is 1.66. The number of carbonyl (C=O) groups excluding carboxylic acids is 1. The molecular weight excluding hydrogens is 248 g/mol. The Hall–Kier alpha value is -0.810. The second kappa shape index (κ2) is 13.6. The van der Waals surface area contributed by atoms with Gasteiger partial charge in [0.2, 0.25) is 0 Å². The Labute approximate surface area is 116 Å². The summed E-state index contributed by atoms with van der Waals surface area (Å²) in [5, 5.41) is 0. The summed E-state index contributed by atoms with van der Waals surface area (Å²) >= 11 is 0. The predicted molar refractivity (Wildman–Crippen MR) is 73.3 cm³/mol. The number of methoxy groups -OCH3 is 1. The van der Waals surface area contributed by atoms with E-state index in [-0.39, 0.29) is 12.7 Å². The normalized spacial score (nSPS) is 12.2. The summed E-state index contributed by atoms with van der Waals surface area (Å²) in [6.07, 6.45) is 4.71. The van der Waals surface area contributed by atoms with Crippen LogP contribution in [-0.2, 0) is 18.9 Å². The minimum atomic E-state index is -0.612. The minimum Gasteiger partial charge on any atom is -0.434 e. The van der Waals surface area contributed by atoms with E-state index in [0.717, 1.165) is 19.3 Å². The molecule has 0 fully saturated rings. The van der Waals surface area contributed by atoms with Crippen molar-refractivity contribution in [2.45, 2.75) is 52.1 Å². The summed E-state index contributed by atoms with van der Waals surface area (Å²) in [6, 6.07) is 0. The van der Waals surface area contributed by atoms with Crippen LogP contribution in [0.4, 0.5) is 4.79 Å². The van der Waals surface area contributed by atoms with Crippen LogP contribution < -0.4 is 0 Å². The van der Waals surface area contributed by atoms with Crippen molar-refractivity contribution in [3.8, 4) is 0 Å². The number of hydrogen-bond donors (Lipinski definition) is 0. The second-order valence-corrected chi connectivity index (χ2v) is 4.35. The maximum atomic E-state index is 11.2. The molecule has 1 unspecified atom stereocenters. The van der Waals surface area contributed by atoms with Crippen LogP contribution in [0.1, 0.15) is 46.0 Å². The van der Waals surface area contributed by atoms with E-state index < -0.39 is 6.16 Å². The zero-order chi connectivity index (χ0) is 14.3. The lowest BCUT2D eigenvalue weighted by Gasteiger charge is -2.13. The van der Waals surface area contributed by atoms with Gasteiger partial charge in [-0.2, -0.15) is 0 Å². The Balaban J connectivity index is 3.29. The zero-order valence-corrected chi connectivity index (χ0v) is 12.5. The average molecular weight is 276 g/mol. The molecule has 0 saturated carbocycles. The van der Waals surface area contributed by atoms with Crippen molar-refractivity contribution in [2.75, 3.05) is 33.5 Å². The maximum Gasteiger partial charge on any atom is 0.508 e. The Morgan fingerprint density at radius 1 is 1.00 bits per heavy atom. The molecule has 114 valence electrons. The fourth-order valence-corrected chi connectivity index (χ4v) is 1.48. The van der Waals surface area contributed by atoms with Gasteiger partial charge in [-0.05, 0) is 12.8 Å². The van der Waals surface area contributed by atoms with Crippen LogP contribution in [0, 0.1) is 0 Å². The fraction of sp³-hybridized carbons (Fsp3) is 0.929. The van der Waals surface area contributed by atoms with Crippen LogP contribution in [0.25, 0.3) is 0 Å². The maximum absolute atomic E-state index is 11.2. The van der Waals surface area contributed by atoms with E-state index in [1.165, 1.54) is 12.8 Å². The van der Waals surface area contributed by atoms with Gasteiger partial charge >= 0.3 is 6.16 Å². The van der Waals surface area contributed by atoms with Gasteiger partial charge in [0.05, 0.1) is 25.9 Å². The van der Waals surface area contributed by atoms with Gasteiger partial charge in [-0.15, -0.1) is 0 Å². The van der Waals surface area contributed by atoms with Crippen LogP contribution in [0.5, 0.6) is 0 Å². The average Bonchev–Trinajstić information content (AvgIpc) is 2.42. The molecule has 0 aliphatic heterocycles. The summed E-state index contributed by atoms with van der Waals surface area (Å²) < 4.78 is 20.3. The van der Waals surface area contributed by atoms with Gasteiger partial charge in [-0.1, -0.05) is 33.1 Å². The molecule has 0 aromatic heterocycles. The van der Waals surface area contributed by atoms with Gasteiger partial charge in [0.1, 0.15) is 6.61 Å². The molecule has 0 aliphatic rings. The molecule has 0 rings (SSSR count). The first kappa shape index (κ1) is 18.2. The van der Waals surface area contributed by atoms with Crippen molar-refractivity contribution in [1.29, 1.82) is 0 Å². The van der Waals surface area contributed by atoms with E-state index in [0.29, 0.717) is 19.8 Å². The lowest BCUT2D eigenvalue weighted by molar-refractivity contribution is -0.0147. The molecule has 0 aromatic rings. The topological polar surface area (TPSA) is 54.0 Å². The number of rotatable bonds is 12. The molecule has 0 saturated heterocycles. The van der Waals surface area contributed by atoms with Crippen molar-refractivity contribution < 1.29 is 23.7 Å². The van der Waals surface area contributed by atoms with Gasteiger partial charge in [-0.25, -0.2) is 4.79 Å². The Bertz CT molecular complexity index is 204. The van der Waals surface area contributed by atoms with Gasteiger partial charge in [-0.3, -0.25) is 0 Å². The van der Waals surface area contributed by atoms with E-state index >= 15 is 0 Å². The first-order valence-electron chi connectivity index (χ1n) is 7.14. The molecule has 0 aromatic carbocycles. The van der Waals surface area contributed by atoms with E-state index in [1.54, 1.807) is 7.11 Å². The molecular formula is C14H28O5. The van der Waals surface area contributed by atoms with E-state index in [2.05, 4.69) is 6.92 Å². The van der Waals surface area contributed by atoms with Gasteiger partial charge in [0, 0.05) is 7.11 Å². The van der Waals surface area contributed by atoms with Crippen molar-refractivity contribution in [3.63, 3.8) is 0 Å². The van der Waals surface area contributed by atoms with Crippen LogP contribution in [0.15, 0.2) is 0 Å². The SMILES string of the molecule is CCCCCCOC(=O)OCCOCC(CC)OC. The van der Waals surface area contributed by atoms with Crippen LogP contribution in [0.3, 0.4) is 0 Å². The highest BCUT2D eigenvalue weighted by atomic mass is 16.7. The zero-order valence-electron chi connectivity index (χ0n) is 12.5. The molecule has 0 N–H and O–H groups in total. The molecule has 0 radical (unpaired) electrons. The smallest absolute Gasteiger partial charge is 0.434 e. The highest BCUT2D eigenvalue weighted by Crippen LogP contribution is 2.00. The van der Waals surface area contributed by atoms with Crippen molar-refractivity contribution in [1.82, 2.24) is 0 Å². The Kier molecular flexibility index (Phi) is 13.0. The summed E-state index contributed by atoms with van der Waals surface area (Å²) in [6.45, 7) is 5.70. The van der Waals surface area contributed by atoms with Gasteiger partial charge < -0.3 is 18.9 Å². The third-order valence-electron chi connectivity index (χ3n) is 2.76. The monoisotopic (exact) mass is 276 g/mol. The lowest BCUT2D eigenvalue weighted by Crippen LogP contribution is -2.19. The number of carbonyl (C=O) groups is 1. The number of hydrogen-bond acceptors (Lipinski definition) is 5. The molecule has 0 aliphatic carbocycles. The molecule has 1 atom stereocenters. The largest absolute Gasteiger partial charge is 0.508 e. The molecule has 0 spiro atoms. The standard InChI is InChI=1S/C14H28O5/c1-4-6-7-8-9-18-14(15)19-11-10-17-12-13(5-2)16-3/h13H,4-12H2,1-3H3. The molecule has 5 nitrogen and oxygen atoms in total. The van der Waals surface area contributed by atoms with Gasteiger partial charge in [0.15, 0.2) is 0 Å². The van der Waals surface area contributed by atoms with Crippen molar-refractivity contribution in [3.05, 3.63) is 0 Å². The van der Waals surface area contributed by atoms with E-state index in [9.17, 15) is 4.79 Å². The number of ether oxygens (including phenoxy) is 4. The third kappa shape index (κ3) is 12.0. The van der Waals surface area contributed by atoms with Crippen LogP contribution >= 0.6 is 0 Å². The molecule has 0 amide bonds. The Morgan fingerprint density at radius 3 is 2.37 bits per heavy atom. The summed E-state index contributed by atoms with van der Waals surface area (Å²) in [5.74, 6) is 0. The fourth-order valence-electron chi connectivity index (χ4n) is 1.48. The Morgan fingerprint density at radius 2 is 1.74 bits per heavy atom. The molecule has 0 bridgehead atoms. The quantitative estimate of drug-likeness (QED) is 0.405. The van der Waals surface area contributed by atoms with Crippen LogP contribution in [0.2, 0.25) is 0 Å². The van der Waals surface area contributed by atoms with Crippen LogP contribution in [-0.4, -0.2) is 45.8 Å².